The van der Waals surface area contributed by atoms with Gasteiger partial charge in [0.05, 0.1) is 16.1 Å². The van der Waals surface area contributed by atoms with E-state index in [4.69, 9.17) is 11.6 Å². The van der Waals surface area contributed by atoms with E-state index in [0.717, 1.165) is 18.9 Å². The summed E-state index contributed by atoms with van der Waals surface area (Å²) in [5.41, 5.74) is 0.601. The maximum Gasteiger partial charge on any atom is 0.471 e. The lowest BCUT2D eigenvalue weighted by atomic mass is 10.0. The van der Waals surface area contributed by atoms with Gasteiger partial charge in [-0.25, -0.2) is 4.39 Å². The third-order valence-electron chi connectivity index (χ3n) is 5.56. The molecule has 0 aliphatic heterocycles. The predicted octanol–water partition coefficient (Wildman–Crippen LogP) is 5.62. The Morgan fingerprint density at radius 1 is 1.18 bits per heavy atom. The van der Waals surface area contributed by atoms with E-state index in [1.165, 1.54) is 36.5 Å². The van der Waals surface area contributed by atoms with Crippen molar-refractivity contribution in [2.45, 2.75) is 31.5 Å². The Balaban J connectivity index is 1.44. The van der Waals surface area contributed by atoms with Gasteiger partial charge in [0.2, 0.25) is 5.82 Å². The summed E-state index contributed by atoms with van der Waals surface area (Å²) in [6.45, 7) is 0. The fourth-order valence-corrected chi connectivity index (χ4v) is 3.86. The van der Waals surface area contributed by atoms with Crippen molar-refractivity contribution in [1.29, 1.82) is 0 Å². The molecule has 4 aromatic rings. The third-order valence-corrected chi connectivity index (χ3v) is 5.85. The van der Waals surface area contributed by atoms with Crippen LogP contribution < -0.4 is 5.43 Å². The van der Waals surface area contributed by atoms with E-state index < -0.39 is 29.1 Å². The van der Waals surface area contributed by atoms with Crippen LogP contribution >= 0.6 is 11.6 Å². The van der Waals surface area contributed by atoms with E-state index in [2.05, 4.69) is 14.7 Å². The van der Waals surface area contributed by atoms with Gasteiger partial charge in [-0.2, -0.15) is 18.2 Å². The van der Waals surface area contributed by atoms with Crippen LogP contribution in [0.4, 0.5) is 17.6 Å². The normalized spacial score (nSPS) is 14.0. The molecule has 1 aliphatic carbocycles. The first-order valence-electron chi connectivity index (χ1n) is 10.2. The zero-order valence-electron chi connectivity index (χ0n) is 17.2. The average Bonchev–Trinajstić information content (AvgIpc) is 3.49. The molecule has 0 spiro atoms. The van der Waals surface area contributed by atoms with Gasteiger partial charge in [-0.05, 0) is 30.5 Å². The van der Waals surface area contributed by atoms with E-state index >= 15 is 0 Å². The number of Topliss-reactive ketones (excluding diaryl/α,β-unsaturated/α-hetero) is 1. The molecule has 0 amide bonds. The zero-order valence-corrected chi connectivity index (χ0v) is 18.0. The van der Waals surface area contributed by atoms with Crippen molar-refractivity contribution < 1.29 is 26.9 Å². The molecule has 1 aliphatic rings. The molecule has 1 fully saturated rings. The molecule has 2 aromatic carbocycles. The number of hydrogen-bond donors (Lipinski definition) is 0. The Bertz CT molecular complexity index is 1490. The van der Waals surface area contributed by atoms with Crippen LogP contribution in [-0.4, -0.2) is 20.5 Å². The van der Waals surface area contributed by atoms with Gasteiger partial charge in [0, 0.05) is 29.6 Å². The molecule has 2 aromatic heterocycles. The van der Waals surface area contributed by atoms with Crippen LogP contribution in [0, 0.1) is 5.82 Å². The Kier molecular flexibility index (Phi) is 5.27. The molecule has 2 heterocycles. The Morgan fingerprint density at radius 2 is 1.88 bits per heavy atom. The minimum absolute atomic E-state index is 0.0711. The highest BCUT2D eigenvalue weighted by atomic mass is 35.5. The second kappa shape index (κ2) is 8.05. The van der Waals surface area contributed by atoms with Crippen LogP contribution in [0.15, 0.2) is 51.9 Å². The van der Waals surface area contributed by atoms with Crippen LogP contribution in [0.2, 0.25) is 5.02 Å². The molecule has 0 radical (unpaired) electrons. The number of carbonyl (C=O) groups excluding carboxylic acids is 1. The van der Waals surface area contributed by atoms with Gasteiger partial charge in [-0.1, -0.05) is 41.0 Å². The number of aromatic nitrogens is 3. The molecule has 34 heavy (non-hydrogen) atoms. The number of fused-ring (bicyclic) bond motifs is 1. The summed E-state index contributed by atoms with van der Waals surface area (Å²) in [4.78, 5) is 29.3. The summed E-state index contributed by atoms with van der Waals surface area (Å²) in [7, 11) is 0. The second-order valence-electron chi connectivity index (χ2n) is 8.01. The first-order chi connectivity index (χ1) is 16.1. The largest absolute Gasteiger partial charge is 0.471 e. The monoisotopic (exact) mass is 491 g/mol. The number of hydrogen-bond acceptors (Lipinski definition) is 5. The quantitative estimate of drug-likeness (QED) is 0.267. The fourth-order valence-electron chi connectivity index (χ4n) is 3.71. The second-order valence-corrected chi connectivity index (χ2v) is 8.42. The third kappa shape index (κ3) is 4.09. The minimum atomic E-state index is -4.75. The van der Waals surface area contributed by atoms with Gasteiger partial charge in [0.25, 0.3) is 0 Å². The Labute approximate surface area is 193 Å². The molecule has 6 nitrogen and oxygen atoms in total. The summed E-state index contributed by atoms with van der Waals surface area (Å²) in [6, 6.07) is 8.49. The molecular formula is C23H14ClF4N3O3. The van der Waals surface area contributed by atoms with Gasteiger partial charge < -0.3 is 9.09 Å². The van der Waals surface area contributed by atoms with Gasteiger partial charge in [0.15, 0.2) is 11.2 Å². The van der Waals surface area contributed by atoms with Crippen molar-refractivity contribution in [3.05, 3.63) is 80.7 Å². The smallest absolute Gasteiger partial charge is 0.343 e. The van der Waals surface area contributed by atoms with Crippen molar-refractivity contribution in [2.75, 3.05) is 0 Å². The van der Waals surface area contributed by atoms with E-state index in [1.807, 2.05) is 0 Å². The summed E-state index contributed by atoms with van der Waals surface area (Å²) in [6.07, 6.45) is -1.66. The van der Waals surface area contributed by atoms with Crippen LogP contribution in [-0.2, 0) is 12.6 Å². The van der Waals surface area contributed by atoms with E-state index in [-0.39, 0.29) is 39.8 Å². The highest BCUT2D eigenvalue weighted by Gasteiger charge is 2.38. The van der Waals surface area contributed by atoms with Crippen molar-refractivity contribution >= 4 is 28.3 Å². The molecule has 0 N–H and O–H groups in total. The van der Waals surface area contributed by atoms with Crippen molar-refractivity contribution in [3.63, 3.8) is 0 Å². The summed E-state index contributed by atoms with van der Waals surface area (Å²) >= 11 is 5.90. The van der Waals surface area contributed by atoms with E-state index in [0.29, 0.717) is 11.1 Å². The van der Waals surface area contributed by atoms with Gasteiger partial charge in [-0.15, -0.1) is 0 Å². The average molecular weight is 492 g/mol. The lowest BCUT2D eigenvalue weighted by Crippen LogP contribution is -2.20. The minimum Gasteiger partial charge on any atom is -0.343 e. The number of carbonyl (C=O) groups is 1. The summed E-state index contributed by atoms with van der Waals surface area (Å²) in [5, 5.41) is 3.29. The Morgan fingerprint density at radius 3 is 2.50 bits per heavy atom. The maximum absolute atomic E-state index is 14.1. The van der Waals surface area contributed by atoms with Crippen LogP contribution in [0.3, 0.4) is 0 Å². The molecular weight excluding hydrogens is 478 g/mol. The SMILES string of the molecule is O=C(Cc1ccc(-c2noc(C(F)(F)F)n2)cc1)c1cn(C2CC2)c2cc(Cl)c(F)cc2c1=O. The van der Waals surface area contributed by atoms with Crippen molar-refractivity contribution in [2.24, 2.45) is 0 Å². The highest BCUT2D eigenvalue weighted by Crippen LogP contribution is 2.38. The van der Waals surface area contributed by atoms with Gasteiger partial charge in [0.1, 0.15) is 5.82 Å². The number of pyridine rings is 1. The standard InChI is InChI=1S/C23H14ClF4N3O3/c24-16-9-18-14(8-17(16)25)20(33)15(10-31(18)13-5-6-13)19(32)7-11-1-3-12(4-2-11)21-29-22(34-30-21)23(26,27)28/h1-4,8-10,13H,5-7H2. The maximum atomic E-state index is 14.1. The number of rotatable bonds is 5. The lowest BCUT2D eigenvalue weighted by molar-refractivity contribution is -0.159. The predicted molar refractivity (Wildman–Crippen MR) is 114 cm³/mol. The van der Waals surface area contributed by atoms with Gasteiger partial charge >= 0.3 is 12.1 Å². The number of nitrogens with zero attached hydrogens (tertiary/aromatic N) is 3. The van der Waals surface area contributed by atoms with E-state index in [1.54, 1.807) is 4.57 Å². The molecule has 0 saturated heterocycles. The first-order valence-corrected chi connectivity index (χ1v) is 10.6. The zero-order chi connectivity index (χ0) is 24.2. The van der Waals surface area contributed by atoms with Crippen LogP contribution in [0.1, 0.15) is 40.7 Å². The van der Waals surface area contributed by atoms with Crippen LogP contribution in [0.5, 0.6) is 0 Å². The topological polar surface area (TPSA) is 78.0 Å². The number of halogens is 5. The lowest BCUT2D eigenvalue weighted by Gasteiger charge is -2.13. The number of alkyl halides is 3. The molecule has 1 saturated carbocycles. The van der Waals surface area contributed by atoms with Crippen molar-refractivity contribution in [1.82, 2.24) is 14.7 Å². The highest BCUT2D eigenvalue weighted by molar-refractivity contribution is 6.31. The molecule has 0 atom stereocenters. The molecule has 174 valence electrons. The molecule has 5 rings (SSSR count). The van der Waals surface area contributed by atoms with E-state index in [9.17, 15) is 27.2 Å². The summed E-state index contributed by atoms with van der Waals surface area (Å²) < 4.78 is 58.0. The first kappa shape index (κ1) is 22.3. The Hall–Kier alpha value is -3.53. The molecule has 0 unspecified atom stereocenters. The van der Waals surface area contributed by atoms with Crippen LogP contribution in [0.25, 0.3) is 22.3 Å². The van der Waals surface area contributed by atoms with Gasteiger partial charge in [-0.3, -0.25) is 9.59 Å². The molecule has 11 heteroatoms. The fraction of sp³-hybridized carbons (Fsp3) is 0.217. The molecule has 0 bridgehead atoms. The summed E-state index contributed by atoms with van der Waals surface area (Å²) in [5.74, 6) is -2.91. The number of ketones is 1. The van der Waals surface area contributed by atoms with Crippen molar-refractivity contribution in [3.8, 4) is 11.4 Å². The number of benzene rings is 2.